The highest BCUT2D eigenvalue weighted by molar-refractivity contribution is 7.89. The molecule has 5 rings (SSSR count). The zero-order valence-corrected chi connectivity index (χ0v) is 20.8. The molecule has 0 unspecified atom stereocenters. The maximum atomic E-state index is 13.9. The standard InChI is InChI=1S/C27H26N4O5S/c28-14-19-6-8-20(9-7-19)15-30-26(32)17-31(16-21-10-11-23-24(13-21)36-18-35-23)37(33,34)25-5-1-3-22-4-2-12-29-27(22)25/h1-13H,14-18,28H2,(H,30,32). The lowest BCUT2D eigenvalue weighted by Gasteiger charge is -2.23. The molecule has 0 bridgehead atoms. The molecule has 10 heteroatoms. The Bertz CT molecular complexity index is 1540. The summed E-state index contributed by atoms with van der Waals surface area (Å²) >= 11 is 0. The second-order valence-electron chi connectivity index (χ2n) is 8.59. The summed E-state index contributed by atoms with van der Waals surface area (Å²) in [4.78, 5) is 17.3. The fourth-order valence-electron chi connectivity index (χ4n) is 4.10. The van der Waals surface area contributed by atoms with Gasteiger partial charge >= 0.3 is 0 Å². The molecule has 0 saturated heterocycles. The minimum Gasteiger partial charge on any atom is -0.454 e. The van der Waals surface area contributed by atoms with E-state index in [1.54, 1.807) is 48.7 Å². The number of fused-ring (bicyclic) bond motifs is 2. The molecule has 2 heterocycles. The summed E-state index contributed by atoms with van der Waals surface area (Å²) in [6, 6.07) is 21.3. The molecule has 190 valence electrons. The number of amides is 1. The summed E-state index contributed by atoms with van der Waals surface area (Å²) in [5, 5.41) is 3.51. The van der Waals surface area contributed by atoms with Gasteiger partial charge in [0.05, 0.1) is 12.1 Å². The number of carbonyl (C=O) groups is 1. The van der Waals surface area contributed by atoms with Crippen molar-refractivity contribution in [3.8, 4) is 11.5 Å². The van der Waals surface area contributed by atoms with Gasteiger partial charge in [0.15, 0.2) is 11.5 Å². The molecule has 1 amide bonds. The fourth-order valence-corrected chi connectivity index (χ4v) is 5.65. The number of aromatic nitrogens is 1. The average molecular weight is 519 g/mol. The molecule has 1 aromatic heterocycles. The average Bonchev–Trinajstić information content (AvgIpc) is 3.39. The van der Waals surface area contributed by atoms with Gasteiger partial charge in [-0.25, -0.2) is 8.42 Å². The summed E-state index contributed by atoms with van der Waals surface area (Å²) in [6.07, 6.45) is 1.55. The van der Waals surface area contributed by atoms with Crippen LogP contribution in [0.2, 0.25) is 0 Å². The van der Waals surface area contributed by atoms with Gasteiger partial charge in [0, 0.05) is 31.2 Å². The first-order valence-electron chi connectivity index (χ1n) is 11.7. The van der Waals surface area contributed by atoms with Gasteiger partial charge in [-0.1, -0.05) is 48.5 Å². The Balaban J connectivity index is 1.42. The number of hydrogen-bond donors (Lipinski definition) is 2. The number of nitrogens with one attached hydrogen (secondary N) is 1. The second-order valence-corrected chi connectivity index (χ2v) is 10.5. The van der Waals surface area contributed by atoms with Crippen molar-refractivity contribution >= 4 is 26.8 Å². The van der Waals surface area contributed by atoms with Gasteiger partial charge in [-0.05, 0) is 41.0 Å². The van der Waals surface area contributed by atoms with Crippen LogP contribution in [0.15, 0.2) is 83.9 Å². The Morgan fingerprint density at radius 2 is 1.68 bits per heavy atom. The molecule has 0 fully saturated rings. The Morgan fingerprint density at radius 1 is 0.946 bits per heavy atom. The van der Waals surface area contributed by atoms with Crippen molar-refractivity contribution in [2.45, 2.75) is 24.5 Å². The summed E-state index contributed by atoms with van der Waals surface area (Å²) in [5.74, 6) is 0.697. The molecule has 1 aliphatic rings. The van der Waals surface area contributed by atoms with E-state index in [-0.39, 0.29) is 31.3 Å². The van der Waals surface area contributed by atoms with Gasteiger partial charge in [0.1, 0.15) is 4.90 Å². The summed E-state index contributed by atoms with van der Waals surface area (Å²) in [6.45, 7) is 0.387. The van der Waals surface area contributed by atoms with Crippen LogP contribution in [-0.4, -0.2) is 37.0 Å². The van der Waals surface area contributed by atoms with Gasteiger partial charge in [-0.15, -0.1) is 0 Å². The van der Waals surface area contributed by atoms with Crippen LogP contribution in [0.25, 0.3) is 10.9 Å². The molecule has 37 heavy (non-hydrogen) atoms. The molecule has 4 aromatic rings. The van der Waals surface area contributed by atoms with Crippen LogP contribution in [0.5, 0.6) is 11.5 Å². The fraction of sp³-hybridized carbons (Fsp3) is 0.185. The SMILES string of the molecule is NCc1ccc(CNC(=O)CN(Cc2ccc3c(c2)OCO3)S(=O)(=O)c2cccc3cccnc23)cc1. The summed E-state index contributed by atoms with van der Waals surface area (Å²) < 4.78 is 39.8. The van der Waals surface area contributed by atoms with Crippen LogP contribution < -0.4 is 20.5 Å². The number of ether oxygens (including phenoxy) is 2. The van der Waals surface area contributed by atoms with Crippen molar-refractivity contribution < 1.29 is 22.7 Å². The van der Waals surface area contributed by atoms with Crippen molar-refractivity contribution in [1.82, 2.24) is 14.6 Å². The van der Waals surface area contributed by atoms with Crippen molar-refractivity contribution in [1.29, 1.82) is 0 Å². The first-order valence-corrected chi connectivity index (χ1v) is 13.1. The molecule has 3 N–H and O–H groups in total. The lowest BCUT2D eigenvalue weighted by atomic mass is 10.1. The van der Waals surface area contributed by atoms with Gasteiger partial charge in [-0.2, -0.15) is 4.31 Å². The highest BCUT2D eigenvalue weighted by Crippen LogP contribution is 2.33. The predicted octanol–water partition coefficient (Wildman–Crippen LogP) is 2.93. The molecule has 9 nitrogen and oxygen atoms in total. The van der Waals surface area contributed by atoms with Crippen molar-refractivity contribution in [3.05, 3.63) is 95.7 Å². The molecule has 0 saturated carbocycles. The number of pyridine rings is 1. The van der Waals surface area contributed by atoms with E-state index in [4.69, 9.17) is 15.2 Å². The molecule has 0 radical (unpaired) electrons. The van der Waals surface area contributed by atoms with Crippen LogP contribution in [0.4, 0.5) is 0 Å². The minimum absolute atomic E-state index is 0.0384. The van der Waals surface area contributed by atoms with Crippen LogP contribution in [0, 0.1) is 0 Å². The normalized spacial score (nSPS) is 12.7. The first kappa shape index (κ1) is 24.7. The number of sulfonamides is 1. The van der Waals surface area contributed by atoms with Crippen molar-refractivity contribution in [2.75, 3.05) is 13.3 Å². The van der Waals surface area contributed by atoms with Crippen LogP contribution >= 0.6 is 0 Å². The van der Waals surface area contributed by atoms with Crippen molar-refractivity contribution in [2.24, 2.45) is 5.73 Å². The lowest BCUT2D eigenvalue weighted by Crippen LogP contribution is -2.40. The van der Waals surface area contributed by atoms with Gasteiger partial charge in [0.2, 0.25) is 22.7 Å². The maximum Gasteiger partial charge on any atom is 0.246 e. The summed E-state index contributed by atoms with van der Waals surface area (Å²) in [7, 11) is -4.10. The first-order chi connectivity index (χ1) is 17.9. The maximum absolute atomic E-state index is 13.9. The zero-order chi connectivity index (χ0) is 25.8. The smallest absolute Gasteiger partial charge is 0.246 e. The zero-order valence-electron chi connectivity index (χ0n) is 20.0. The largest absolute Gasteiger partial charge is 0.454 e. The highest BCUT2D eigenvalue weighted by atomic mass is 32.2. The number of para-hydroxylation sites is 1. The molecule has 0 atom stereocenters. The van der Waals surface area contributed by atoms with E-state index in [1.807, 2.05) is 24.3 Å². The second kappa shape index (κ2) is 10.6. The topological polar surface area (TPSA) is 124 Å². The molecule has 0 spiro atoms. The van der Waals surface area contributed by atoms with E-state index in [0.29, 0.717) is 34.5 Å². The molecule has 0 aliphatic carbocycles. The van der Waals surface area contributed by atoms with Gasteiger partial charge < -0.3 is 20.5 Å². The summed E-state index contributed by atoms with van der Waals surface area (Å²) in [5.41, 5.74) is 8.52. The Hall–Kier alpha value is -3.99. The quantitative estimate of drug-likeness (QED) is 0.349. The Kier molecular flexibility index (Phi) is 7.04. The van der Waals surface area contributed by atoms with E-state index in [9.17, 15) is 13.2 Å². The number of nitrogens with zero attached hydrogens (tertiary/aromatic N) is 2. The third-order valence-corrected chi connectivity index (χ3v) is 7.90. The number of rotatable bonds is 9. The van der Waals surface area contributed by atoms with Gasteiger partial charge in [0.25, 0.3) is 0 Å². The van der Waals surface area contributed by atoms with Crippen LogP contribution in [0.1, 0.15) is 16.7 Å². The lowest BCUT2D eigenvalue weighted by molar-refractivity contribution is -0.121. The molecular weight excluding hydrogens is 492 g/mol. The van der Waals surface area contributed by atoms with E-state index in [0.717, 1.165) is 15.4 Å². The molecule has 3 aromatic carbocycles. The van der Waals surface area contributed by atoms with Gasteiger partial charge in [-0.3, -0.25) is 9.78 Å². The molecular formula is C27H26N4O5S. The highest BCUT2D eigenvalue weighted by Gasteiger charge is 2.29. The monoisotopic (exact) mass is 518 g/mol. The molecule has 1 aliphatic heterocycles. The minimum atomic E-state index is -4.10. The van der Waals surface area contributed by atoms with E-state index >= 15 is 0 Å². The Labute approximate surface area is 214 Å². The predicted molar refractivity (Wildman–Crippen MR) is 138 cm³/mol. The Morgan fingerprint density at radius 3 is 2.49 bits per heavy atom. The third-order valence-electron chi connectivity index (χ3n) is 6.08. The van der Waals surface area contributed by atoms with E-state index < -0.39 is 15.9 Å². The third kappa shape index (κ3) is 5.41. The van der Waals surface area contributed by atoms with Crippen molar-refractivity contribution in [3.63, 3.8) is 0 Å². The number of nitrogens with two attached hydrogens (primary N) is 1. The van der Waals surface area contributed by atoms with E-state index in [2.05, 4.69) is 10.3 Å². The number of benzene rings is 3. The van der Waals surface area contributed by atoms with Crippen LogP contribution in [0.3, 0.4) is 0 Å². The number of carbonyl (C=O) groups excluding carboxylic acids is 1. The van der Waals surface area contributed by atoms with Crippen LogP contribution in [-0.2, 0) is 34.5 Å². The number of hydrogen-bond acceptors (Lipinski definition) is 7. The van der Waals surface area contributed by atoms with E-state index in [1.165, 1.54) is 6.07 Å².